The van der Waals surface area contributed by atoms with Gasteiger partial charge < -0.3 is 4.74 Å². The molecule has 1 saturated carbocycles. The van der Waals surface area contributed by atoms with Crippen LogP contribution in [0.2, 0.25) is 0 Å². The van der Waals surface area contributed by atoms with Gasteiger partial charge in [0.1, 0.15) is 0 Å². The topological polar surface area (TPSA) is 26.3 Å². The molecule has 0 radical (unpaired) electrons. The van der Waals surface area contributed by atoms with Gasteiger partial charge in [-0.2, -0.15) is 0 Å². The van der Waals surface area contributed by atoms with E-state index < -0.39 is 0 Å². The van der Waals surface area contributed by atoms with E-state index in [2.05, 4.69) is 31.2 Å². The number of benzene rings is 1. The van der Waals surface area contributed by atoms with Crippen LogP contribution in [0.15, 0.2) is 24.3 Å². The molecule has 0 saturated heterocycles. The van der Waals surface area contributed by atoms with Crippen LogP contribution in [0.3, 0.4) is 0 Å². The van der Waals surface area contributed by atoms with Gasteiger partial charge in [-0.1, -0.05) is 63.3 Å². The highest BCUT2D eigenvalue weighted by atomic mass is 16.5. The summed E-state index contributed by atoms with van der Waals surface area (Å²) in [6, 6.07) is 8.56. The maximum atomic E-state index is 11.4. The van der Waals surface area contributed by atoms with Crippen LogP contribution in [0.1, 0.15) is 69.4 Å². The number of hydrogen-bond donors (Lipinski definition) is 0. The number of ether oxygens (including phenoxy) is 1. The van der Waals surface area contributed by atoms with Crippen LogP contribution in [0, 0.1) is 11.8 Å². The summed E-state index contributed by atoms with van der Waals surface area (Å²) in [5.41, 5.74) is 2.72. The first-order valence-corrected chi connectivity index (χ1v) is 9.32. The summed E-state index contributed by atoms with van der Waals surface area (Å²) in [6.45, 7) is 2.41. The Morgan fingerprint density at radius 2 is 1.78 bits per heavy atom. The zero-order valence-electron chi connectivity index (χ0n) is 14.9. The molecular weight excluding hydrogens is 284 g/mol. The van der Waals surface area contributed by atoms with E-state index in [1.54, 1.807) is 0 Å². The molecule has 2 rings (SSSR count). The van der Waals surface area contributed by atoms with E-state index in [0.717, 1.165) is 24.7 Å². The largest absolute Gasteiger partial charge is 0.469 e. The maximum absolute atomic E-state index is 11.4. The number of aryl methyl sites for hydroxylation is 2. The van der Waals surface area contributed by atoms with Crippen LogP contribution in [0.25, 0.3) is 0 Å². The molecule has 1 atom stereocenters. The number of rotatable bonds is 8. The van der Waals surface area contributed by atoms with E-state index in [9.17, 15) is 4.79 Å². The molecule has 2 nitrogen and oxygen atoms in total. The van der Waals surface area contributed by atoms with E-state index >= 15 is 0 Å². The molecule has 0 bridgehead atoms. The van der Waals surface area contributed by atoms with Gasteiger partial charge in [-0.3, -0.25) is 4.79 Å². The van der Waals surface area contributed by atoms with Gasteiger partial charge in [0.15, 0.2) is 0 Å². The van der Waals surface area contributed by atoms with Crippen molar-refractivity contribution in [1.29, 1.82) is 0 Å². The molecule has 1 fully saturated rings. The van der Waals surface area contributed by atoms with Crippen LogP contribution >= 0.6 is 0 Å². The second-order valence-electron chi connectivity index (χ2n) is 7.23. The lowest BCUT2D eigenvalue weighted by molar-refractivity contribution is -0.140. The molecule has 0 heterocycles. The fraction of sp³-hybridized carbons (Fsp3) is 0.667. The third-order valence-electron chi connectivity index (χ3n) is 5.31. The van der Waals surface area contributed by atoms with Gasteiger partial charge in [-0.15, -0.1) is 0 Å². The fourth-order valence-electron chi connectivity index (χ4n) is 3.90. The summed E-state index contributed by atoms with van der Waals surface area (Å²) in [4.78, 5) is 11.4. The second-order valence-corrected chi connectivity index (χ2v) is 7.23. The number of hydrogen-bond acceptors (Lipinski definition) is 2. The zero-order valence-corrected chi connectivity index (χ0v) is 14.9. The molecule has 1 unspecified atom stereocenters. The van der Waals surface area contributed by atoms with Crippen molar-refractivity contribution in [2.45, 2.75) is 71.1 Å². The third-order valence-corrected chi connectivity index (χ3v) is 5.31. The normalized spacial score (nSPS) is 17.0. The van der Waals surface area contributed by atoms with Gasteiger partial charge in [0.2, 0.25) is 0 Å². The van der Waals surface area contributed by atoms with Gasteiger partial charge in [0.25, 0.3) is 0 Å². The maximum Gasteiger partial charge on any atom is 0.305 e. The van der Waals surface area contributed by atoms with Crippen LogP contribution < -0.4 is 0 Å². The Hall–Kier alpha value is -1.31. The molecule has 1 aromatic rings. The Bertz CT molecular complexity index is 474. The van der Waals surface area contributed by atoms with Crippen molar-refractivity contribution in [2.75, 3.05) is 7.11 Å². The zero-order chi connectivity index (χ0) is 16.5. The first kappa shape index (κ1) is 18.0. The van der Waals surface area contributed by atoms with Crippen LogP contribution in [-0.4, -0.2) is 13.1 Å². The SMILES string of the molecule is COC(=O)CCc1ccccc1CCC(C)CC1CCCCC1. The Balaban J connectivity index is 1.80. The smallest absolute Gasteiger partial charge is 0.305 e. The predicted octanol–water partition coefficient (Wildman–Crippen LogP) is 5.33. The lowest BCUT2D eigenvalue weighted by Gasteiger charge is -2.24. The van der Waals surface area contributed by atoms with E-state index in [-0.39, 0.29) is 5.97 Å². The molecule has 0 aromatic heterocycles. The number of carbonyl (C=O) groups excluding carboxylic acids is 1. The van der Waals surface area contributed by atoms with Crippen LogP contribution in [0.5, 0.6) is 0 Å². The van der Waals surface area contributed by atoms with E-state index in [1.165, 1.54) is 63.2 Å². The van der Waals surface area contributed by atoms with Crippen LogP contribution in [0.4, 0.5) is 0 Å². The summed E-state index contributed by atoms with van der Waals surface area (Å²) in [5.74, 6) is 1.64. The molecule has 1 aromatic carbocycles. The average Bonchev–Trinajstić information content (AvgIpc) is 2.59. The number of esters is 1. The minimum absolute atomic E-state index is 0.120. The Morgan fingerprint density at radius 1 is 1.13 bits per heavy atom. The molecule has 2 heteroatoms. The van der Waals surface area contributed by atoms with E-state index in [0.29, 0.717) is 6.42 Å². The van der Waals surface area contributed by atoms with Crippen molar-refractivity contribution >= 4 is 5.97 Å². The highest BCUT2D eigenvalue weighted by molar-refractivity contribution is 5.69. The minimum Gasteiger partial charge on any atom is -0.469 e. The lowest BCUT2D eigenvalue weighted by atomic mass is 9.81. The lowest BCUT2D eigenvalue weighted by Crippen LogP contribution is -2.11. The Morgan fingerprint density at radius 3 is 2.43 bits per heavy atom. The Labute approximate surface area is 141 Å². The first-order valence-electron chi connectivity index (χ1n) is 9.32. The molecule has 1 aliphatic rings. The van der Waals surface area contributed by atoms with Crippen molar-refractivity contribution in [3.8, 4) is 0 Å². The van der Waals surface area contributed by atoms with Gasteiger partial charge in [0, 0.05) is 6.42 Å². The summed E-state index contributed by atoms with van der Waals surface area (Å²) in [7, 11) is 1.46. The van der Waals surface area contributed by atoms with Gasteiger partial charge in [-0.25, -0.2) is 0 Å². The highest BCUT2D eigenvalue weighted by Crippen LogP contribution is 2.30. The average molecular weight is 316 g/mol. The number of carbonyl (C=O) groups is 1. The summed E-state index contributed by atoms with van der Waals surface area (Å²) in [6.07, 6.45) is 12.3. The molecule has 23 heavy (non-hydrogen) atoms. The van der Waals surface area contributed by atoms with E-state index in [1.807, 2.05) is 0 Å². The molecule has 0 N–H and O–H groups in total. The van der Waals surface area contributed by atoms with E-state index in [4.69, 9.17) is 4.74 Å². The first-order chi connectivity index (χ1) is 11.2. The summed E-state index contributed by atoms with van der Waals surface area (Å²) in [5, 5.41) is 0. The van der Waals surface area contributed by atoms with Gasteiger partial charge >= 0.3 is 5.97 Å². The van der Waals surface area contributed by atoms with Crippen molar-refractivity contribution < 1.29 is 9.53 Å². The summed E-state index contributed by atoms with van der Waals surface area (Å²) < 4.78 is 4.76. The van der Waals surface area contributed by atoms with Crippen molar-refractivity contribution in [2.24, 2.45) is 11.8 Å². The predicted molar refractivity (Wildman–Crippen MR) is 95.5 cm³/mol. The fourth-order valence-corrected chi connectivity index (χ4v) is 3.90. The van der Waals surface area contributed by atoms with Gasteiger partial charge in [-0.05, 0) is 48.6 Å². The molecule has 0 amide bonds. The molecular formula is C21H32O2. The van der Waals surface area contributed by atoms with Crippen LogP contribution in [-0.2, 0) is 22.4 Å². The Kier molecular flexibility index (Phi) is 7.64. The molecule has 128 valence electrons. The minimum atomic E-state index is -0.120. The summed E-state index contributed by atoms with van der Waals surface area (Å²) >= 11 is 0. The third kappa shape index (κ3) is 6.37. The molecule has 0 aliphatic heterocycles. The van der Waals surface area contributed by atoms with Gasteiger partial charge in [0.05, 0.1) is 7.11 Å². The molecule has 1 aliphatic carbocycles. The van der Waals surface area contributed by atoms with Crippen molar-refractivity contribution in [3.63, 3.8) is 0 Å². The monoisotopic (exact) mass is 316 g/mol. The van der Waals surface area contributed by atoms with Crippen molar-refractivity contribution in [1.82, 2.24) is 0 Å². The second kappa shape index (κ2) is 9.75. The quantitative estimate of drug-likeness (QED) is 0.606. The van der Waals surface area contributed by atoms with Crippen molar-refractivity contribution in [3.05, 3.63) is 35.4 Å². The highest BCUT2D eigenvalue weighted by Gasteiger charge is 2.16. The number of methoxy groups -OCH3 is 1. The standard InChI is InChI=1S/C21H32O2/c1-17(16-18-8-4-3-5-9-18)12-13-19-10-6-7-11-20(19)14-15-21(22)23-2/h6-7,10-11,17-18H,3-5,8-9,12-16H2,1-2H3. The molecule has 0 spiro atoms.